The average molecular weight is 1150 g/mol. The highest BCUT2D eigenvalue weighted by Crippen LogP contribution is 2.29. The van der Waals surface area contributed by atoms with Crippen LogP contribution in [0.3, 0.4) is 0 Å². The fourth-order valence-electron chi connectivity index (χ4n) is 7.88. The summed E-state index contributed by atoms with van der Waals surface area (Å²) in [5.41, 5.74) is 17.7. The predicted octanol–water partition coefficient (Wildman–Crippen LogP) is 11.8. The second-order valence-electron chi connectivity index (χ2n) is 17.6. The maximum atomic E-state index is 12.9. The van der Waals surface area contributed by atoms with Gasteiger partial charge < -0.3 is 51.6 Å². The smallest absolute Gasteiger partial charge is 0.257 e. The van der Waals surface area contributed by atoms with Crippen LogP contribution in [0, 0.1) is 25.2 Å². The van der Waals surface area contributed by atoms with Crippen molar-refractivity contribution in [1.82, 2.24) is 5.32 Å². The lowest BCUT2D eigenvalue weighted by Crippen LogP contribution is -2.34. The molecule has 0 atom stereocenters. The van der Waals surface area contributed by atoms with Crippen molar-refractivity contribution in [2.45, 2.75) is 54.6 Å². The molecule has 0 radical (unpaired) electrons. The molecule has 0 aromatic heterocycles. The van der Waals surface area contributed by atoms with Gasteiger partial charge in [-0.2, -0.15) is 5.26 Å². The molecule has 16 nitrogen and oxygen atoms in total. The van der Waals surface area contributed by atoms with Gasteiger partial charge in [0.05, 0.1) is 46.7 Å². The standard InChI is InChI=1S/C31H29N3O5S.C20H18N2O.C10H11ClO4.C2H3N.CH4/c1-19-8-13-25(32-31(40)34-30(38)23-14-24(17-35)26(18-36)28(15-23)39-2)16-27(19)33-29(37)22-11-9-21(10-12-22)20-6-4-3-5-7-20;1-14-7-12-18(21)13-19(14)22-20(23)17-10-8-16(9-11-17)15-5-3-2-4-6-15;1-15-9-3-6(10(11)14)2-7(4-12)8(9)5-13;1-2-3;/h3-16,35-36H,17-18H2,1-2H3,(H,33,37)(H2,32,34,38,40);2-13H,21H2,1H3,(H,22,23);2-3,12-13H,4-5H2,1H3;1H3;1H4. The second kappa shape index (κ2) is 32.7. The molecule has 0 aliphatic carbocycles. The van der Waals surface area contributed by atoms with E-state index in [4.69, 9.17) is 54.5 Å². The monoisotopic (exact) mass is 1140 g/mol. The average Bonchev–Trinajstić information content (AvgIpc) is 3.70. The van der Waals surface area contributed by atoms with Gasteiger partial charge in [-0.05, 0) is 155 Å². The minimum absolute atomic E-state index is 0. The third-order valence-electron chi connectivity index (χ3n) is 12.2. The molecule has 18 heteroatoms. The van der Waals surface area contributed by atoms with Crippen molar-refractivity contribution in [3.63, 3.8) is 0 Å². The number of nitrogens with zero attached hydrogens (tertiary/aromatic N) is 1. The fourth-order valence-corrected chi connectivity index (χ4v) is 8.20. The number of carbonyl (C=O) groups excluding carboxylic acids is 4. The van der Waals surface area contributed by atoms with Crippen LogP contribution in [0.4, 0.5) is 22.7 Å². The fraction of sp³-hybridized carbons (Fsp3) is 0.156. The quantitative estimate of drug-likeness (QED) is 0.0263. The van der Waals surface area contributed by atoms with Crippen LogP contribution in [-0.4, -0.2) is 62.7 Å². The Hall–Kier alpha value is -9.25. The molecular weight excluding hydrogens is 1080 g/mol. The van der Waals surface area contributed by atoms with E-state index in [1.165, 1.54) is 45.4 Å². The van der Waals surface area contributed by atoms with Crippen LogP contribution in [0.1, 0.15) is 89.2 Å². The highest BCUT2D eigenvalue weighted by atomic mass is 35.5. The molecule has 3 amide bonds. The highest BCUT2D eigenvalue weighted by molar-refractivity contribution is 7.80. The van der Waals surface area contributed by atoms with Crippen LogP contribution in [0.2, 0.25) is 0 Å². The number of nitrogens with one attached hydrogen (secondary N) is 4. The van der Waals surface area contributed by atoms with Gasteiger partial charge in [0.15, 0.2) is 5.11 Å². The molecule has 424 valence electrons. The van der Waals surface area contributed by atoms with Gasteiger partial charge >= 0.3 is 0 Å². The molecule has 0 saturated carbocycles. The molecule has 8 rings (SSSR count). The van der Waals surface area contributed by atoms with E-state index >= 15 is 0 Å². The molecule has 0 aliphatic rings. The summed E-state index contributed by atoms with van der Waals surface area (Å²) in [5.74, 6) is -0.289. The van der Waals surface area contributed by atoms with Gasteiger partial charge in [0, 0.05) is 63.1 Å². The van der Waals surface area contributed by atoms with Gasteiger partial charge in [0.1, 0.15) is 11.5 Å². The van der Waals surface area contributed by atoms with Crippen molar-refractivity contribution in [1.29, 1.82) is 5.26 Å². The number of halogens is 1. The number of nitrogen functional groups attached to an aromatic ring is 1. The Morgan fingerprint density at radius 1 is 0.537 bits per heavy atom. The van der Waals surface area contributed by atoms with E-state index in [2.05, 4.69) is 21.3 Å². The van der Waals surface area contributed by atoms with E-state index < -0.39 is 11.1 Å². The Morgan fingerprint density at radius 3 is 1.35 bits per heavy atom. The molecule has 8 aromatic carbocycles. The number of ether oxygens (including phenoxy) is 2. The van der Waals surface area contributed by atoms with Crippen molar-refractivity contribution in [2.75, 3.05) is 35.9 Å². The van der Waals surface area contributed by atoms with Crippen molar-refractivity contribution in [2.24, 2.45) is 0 Å². The molecule has 0 aliphatic heterocycles. The van der Waals surface area contributed by atoms with E-state index in [0.29, 0.717) is 56.2 Å². The van der Waals surface area contributed by atoms with Crippen LogP contribution in [0.25, 0.3) is 22.3 Å². The van der Waals surface area contributed by atoms with Crippen molar-refractivity contribution in [3.05, 3.63) is 225 Å². The maximum absolute atomic E-state index is 12.9. The highest BCUT2D eigenvalue weighted by Gasteiger charge is 2.18. The number of rotatable bonds is 15. The number of anilines is 4. The summed E-state index contributed by atoms with van der Waals surface area (Å²) in [5, 5.41) is 55.5. The molecule has 0 bridgehead atoms. The van der Waals surface area contributed by atoms with E-state index in [1.54, 1.807) is 36.4 Å². The minimum Gasteiger partial charge on any atom is -0.496 e. The first-order valence-corrected chi connectivity index (χ1v) is 25.7. The number of hydrogen-bond acceptors (Lipinski definition) is 13. The summed E-state index contributed by atoms with van der Waals surface area (Å²) in [7, 11) is 2.83. The summed E-state index contributed by atoms with van der Waals surface area (Å²) in [6.45, 7) is 3.98. The van der Waals surface area contributed by atoms with Gasteiger partial charge in [-0.3, -0.25) is 24.5 Å². The first-order valence-electron chi connectivity index (χ1n) is 24.9. The lowest BCUT2D eigenvalue weighted by Gasteiger charge is -2.15. The van der Waals surface area contributed by atoms with Crippen LogP contribution in [-0.2, 0) is 26.4 Å². The van der Waals surface area contributed by atoms with Gasteiger partial charge in [0.2, 0.25) is 0 Å². The summed E-state index contributed by atoms with van der Waals surface area (Å²) in [6.07, 6.45) is 0. The molecule has 8 aromatic rings. The van der Waals surface area contributed by atoms with Crippen LogP contribution in [0.5, 0.6) is 11.5 Å². The number of amides is 3. The van der Waals surface area contributed by atoms with E-state index in [1.807, 2.05) is 129 Å². The Labute approximate surface area is 487 Å². The third kappa shape index (κ3) is 18.4. The Bertz CT molecular complexity index is 3460. The van der Waals surface area contributed by atoms with Gasteiger partial charge in [-0.1, -0.05) is 104 Å². The zero-order chi connectivity index (χ0) is 59.0. The first-order chi connectivity index (χ1) is 39.0. The normalized spacial score (nSPS) is 9.96. The minimum atomic E-state index is -0.632. The zero-order valence-corrected chi connectivity index (χ0v) is 46.6. The number of hydrogen-bond donors (Lipinski definition) is 9. The summed E-state index contributed by atoms with van der Waals surface area (Å²) in [4.78, 5) is 49.1. The largest absolute Gasteiger partial charge is 0.496 e. The molecule has 0 spiro atoms. The Kier molecular flexibility index (Phi) is 26.1. The van der Waals surface area contributed by atoms with Crippen LogP contribution in [0.15, 0.2) is 170 Å². The number of aryl methyl sites for hydroxylation is 2. The molecule has 10 N–H and O–H groups in total. The SMILES string of the molecule is C.CC#N.COc1cc(C(=O)Cl)cc(CO)c1CO.COc1cc(C(=O)NC(=S)Nc2ccc(C)c(NC(=O)c3ccc(-c4ccccc4)cc3)c2)cc(CO)c1CO.Cc1ccc(N)cc1NC(=O)c1ccc(-c2ccccc2)cc1. The lowest BCUT2D eigenvalue weighted by molar-refractivity contribution is 0.0974. The Morgan fingerprint density at radius 2 is 0.939 bits per heavy atom. The molecule has 0 unspecified atom stereocenters. The van der Waals surface area contributed by atoms with Crippen molar-refractivity contribution >= 4 is 74.6 Å². The number of carbonyl (C=O) groups is 4. The van der Waals surface area contributed by atoms with Gasteiger partial charge in [-0.25, -0.2) is 0 Å². The van der Waals surface area contributed by atoms with Crippen molar-refractivity contribution < 1.29 is 49.1 Å². The lowest BCUT2D eigenvalue weighted by atomic mass is 10.0. The second-order valence-corrected chi connectivity index (χ2v) is 18.3. The molecule has 0 heterocycles. The first kappa shape index (κ1) is 65.3. The summed E-state index contributed by atoms with van der Waals surface area (Å²) in [6, 6.07) is 53.3. The number of aliphatic hydroxyl groups excluding tert-OH is 4. The summed E-state index contributed by atoms with van der Waals surface area (Å²) < 4.78 is 10.2. The van der Waals surface area contributed by atoms with E-state index in [-0.39, 0.29) is 67.7 Å². The number of methoxy groups -OCH3 is 2. The zero-order valence-electron chi connectivity index (χ0n) is 45.0. The topological polar surface area (TPSA) is 266 Å². The van der Waals surface area contributed by atoms with E-state index in [0.717, 1.165) is 39.1 Å². The van der Waals surface area contributed by atoms with Crippen molar-refractivity contribution in [3.8, 4) is 39.8 Å². The third-order valence-corrected chi connectivity index (χ3v) is 12.6. The molecular formula is C64H65ClN6O10S. The summed E-state index contributed by atoms with van der Waals surface area (Å²) >= 11 is 10.6. The maximum Gasteiger partial charge on any atom is 0.257 e. The van der Waals surface area contributed by atoms with Gasteiger partial charge in [0.25, 0.3) is 23.0 Å². The molecule has 0 saturated heterocycles. The predicted molar refractivity (Wildman–Crippen MR) is 328 cm³/mol. The number of thiocarbonyl (C=S) groups is 1. The van der Waals surface area contributed by atoms with Gasteiger partial charge in [-0.15, -0.1) is 0 Å². The van der Waals surface area contributed by atoms with Crippen LogP contribution < -0.4 is 36.5 Å². The van der Waals surface area contributed by atoms with E-state index in [9.17, 15) is 29.4 Å². The van der Waals surface area contributed by atoms with Crippen LogP contribution >= 0.6 is 23.8 Å². The number of aliphatic hydroxyl groups is 4. The number of benzene rings is 8. The number of nitrogens with two attached hydrogens (primary N) is 1. The molecule has 0 fully saturated rings. The number of nitriles is 1. The molecule has 82 heavy (non-hydrogen) atoms. The Balaban J connectivity index is 0.000000288.